The molecule has 0 radical (unpaired) electrons. The molecule has 2 aromatic carbocycles. The van der Waals surface area contributed by atoms with Gasteiger partial charge in [-0.05, 0) is 56.5 Å². The SMILES string of the molecule is Cc1ccc(NC(=O)CNc2cccc(C(=O)N3CCCCC3)c2)cc1. The minimum Gasteiger partial charge on any atom is -0.376 e. The van der Waals surface area contributed by atoms with Crippen LogP contribution >= 0.6 is 0 Å². The van der Waals surface area contributed by atoms with Gasteiger partial charge in [0.1, 0.15) is 0 Å². The topological polar surface area (TPSA) is 61.4 Å². The number of benzene rings is 2. The molecule has 1 aliphatic rings. The number of anilines is 2. The first-order valence-corrected chi connectivity index (χ1v) is 9.11. The molecular formula is C21H25N3O2. The lowest BCUT2D eigenvalue weighted by atomic mass is 10.1. The maximum atomic E-state index is 12.6. The molecule has 0 spiro atoms. The standard InChI is InChI=1S/C21H25N3O2/c1-16-8-10-18(11-9-16)23-20(25)15-22-19-7-5-6-17(14-19)21(26)24-12-3-2-4-13-24/h5-11,14,22H,2-4,12-13,15H2,1H3,(H,23,25). The Labute approximate surface area is 154 Å². The summed E-state index contributed by atoms with van der Waals surface area (Å²) in [6.07, 6.45) is 3.34. The van der Waals surface area contributed by atoms with E-state index in [1.165, 1.54) is 6.42 Å². The molecule has 0 aliphatic carbocycles. The van der Waals surface area contributed by atoms with Crippen molar-refractivity contribution in [3.05, 3.63) is 59.7 Å². The molecule has 0 unspecified atom stereocenters. The number of hydrogen-bond donors (Lipinski definition) is 2. The van der Waals surface area contributed by atoms with E-state index in [0.717, 1.165) is 42.9 Å². The van der Waals surface area contributed by atoms with E-state index in [1.54, 1.807) is 0 Å². The highest BCUT2D eigenvalue weighted by molar-refractivity contribution is 5.96. The van der Waals surface area contributed by atoms with Crippen LogP contribution in [-0.2, 0) is 4.79 Å². The number of nitrogens with zero attached hydrogens (tertiary/aromatic N) is 1. The number of likely N-dealkylation sites (tertiary alicyclic amines) is 1. The van der Waals surface area contributed by atoms with E-state index >= 15 is 0 Å². The largest absolute Gasteiger partial charge is 0.376 e. The number of hydrogen-bond acceptors (Lipinski definition) is 3. The van der Waals surface area contributed by atoms with Crippen molar-refractivity contribution >= 4 is 23.2 Å². The monoisotopic (exact) mass is 351 g/mol. The number of carbonyl (C=O) groups is 2. The number of carbonyl (C=O) groups excluding carboxylic acids is 2. The fourth-order valence-corrected chi connectivity index (χ4v) is 3.07. The molecule has 5 heteroatoms. The smallest absolute Gasteiger partial charge is 0.253 e. The molecule has 2 aromatic rings. The third-order valence-electron chi connectivity index (χ3n) is 4.54. The summed E-state index contributed by atoms with van der Waals surface area (Å²) in [4.78, 5) is 26.6. The Hall–Kier alpha value is -2.82. The second-order valence-electron chi connectivity index (χ2n) is 6.70. The molecule has 0 saturated carbocycles. The predicted molar refractivity (Wildman–Crippen MR) is 104 cm³/mol. The fourth-order valence-electron chi connectivity index (χ4n) is 3.07. The zero-order valence-electron chi connectivity index (χ0n) is 15.1. The minimum absolute atomic E-state index is 0.0671. The highest BCUT2D eigenvalue weighted by Gasteiger charge is 2.18. The molecule has 0 bridgehead atoms. The van der Waals surface area contributed by atoms with E-state index in [0.29, 0.717) is 5.56 Å². The van der Waals surface area contributed by atoms with Gasteiger partial charge < -0.3 is 15.5 Å². The quantitative estimate of drug-likeness (QED) is 0.864. The first kappa shape index (κ1) is 18.0. The van der Waals surface area contributed by atoms with E-state index in [1.807, 2.05) is 60.4 Å². The van der Waals surface area contributed by atoms with Gasteiger partial charge in [-0.2, -0.15) is 0 Å². The Bertz CT molecular complexity index is 765. The molecule has 1 saturated heterocycles. The van der Waals surface area contributed by atoms with Crippen LogP contribution in [0.5, 0.6) is 0 Å². The molecule has 26 heavy (non-hydrogen) atoms. The Kier molecular flexibility index (Phi) is 5.89. The van der Waals surface area contributed by atoms with Crippen molar-refractivity contribution in [3.8, 4) is 0 Å². The van der Waals surface area contributed by atoms with Gasteiger partial charge in [0.15, 0.2) is 0 Å². The van der Waals surface area contributed by atoms with Crippen molar-refractivity contribution in [1.29, 1.82) is 0 Å². The lowest BCUT2D eigenvalue weighted by Gasteiger charge is -2.26. The molecule has 3 rings (SSSR count). The summed E-state index contributed by atoms with van der Waals surface area (Å²) in [5.41, 5.74) is 3.36. The Morgan fingerprint density at radius 1 is 0.962 bits per heavy atom. The second-order valence-corrected chi connectivity index (χ2v) is 6.70. The predicted octanol–water partition coefficient (Wildman–Crippen LogP) is 3.67. The van der Waals surface area contributed by atoms with Crippen molar-refractivity contribution in [2.75, 3.05) is 30.3 Å². The fraction of sp³-hybridized carbons (Fsp3) is 0.333. The highest BCUT2D eigenvalue weighted by atomic mass is 16.2. The first-order chi connectivity index (χ1) is 12.6. The summed E-state index contributed by atoms with van der Waals surface area (Å²) in [7, 11) is 0. The van der Waals surface area contributed by atoms with Gasteiger partial charge in [0.05, 0.1) is 6.54 Å². The van der Waals surface area contributed by atoms with Crippen LogP contribution in [0.2, 0.25) is 0 Å². The van der Waals surface area contributed by atoms with Crippen molar-refractivity contribution in [2.24, 2.45) is 0 Å². The summed E-state index contributed by atoms with van der Waals surface area (Å²) in [6, 6.07) is 15.0. The van der Waals surface area contributed by atoms with Gasteiger partial charge in [0, 0.05) is 30.0 Å². The van der Waals surface area contributed by atoms with Crippen molar-refractivity contribution < 1.29 is 9.59 Å². The molecule has 2 amide bonds. The van der Waals surface area contributed by atoms with Gasteiger partial charge >= 0.3 is 0 Å². The summed E-state index contributed by atoms with van der Waals surface area (Å²) in [5, 5.41) is 5.94. The molecule has 0 atom stereocenters. The summed E-state index contributed by atoms with van der Waals surface area (Å²) < 4.78 is 0. The third kappa shape index (κ3) is 4.85. The second kappa shape index (κ2) is 8.52. The third-order valence-corrected chi connectivity index (χ3v) is 4.54. The molecule has 1 heterocycles. The summed E-state index contributed by atoms with van der Waals surface area (Å²) in [6.45, 7) is 3.81. The molecule has 1 fully saturated rings. The lowest BCUT2D eigenvalue weighted by molar-refractivity contribution is -0.114. The van der Waals surface area contributed by atoms with Crippen molar-refractivity contribution in [2.45, 2.75) is 26.2 Å². The average molecular weight is 351 g/mol. The van der Waals surface area contributed by atoms with Crippen LogP contribution in [0.4, 0.5) is 11.4 Å². The average Bonchev–Trinajstić information content (AvgIpc) is 2.68. The minimum atomic E-state index is -0.124. The lowest BCUT2D eigenvalue weighted by Crippen LogP contribution is -2.35. The van der Waals surface area contributed by atoms with Gasteiger partial charge in [0.25, 0.3) is 5.91 Å². The number of nitrogens with one attached hydrogen (secondary N) is 2. The van der Waals surface area contributed by atoms with E-state index < -0.39 is 0 Å². The normalized spacial score (nSPS) is 14.0. The maximum Gasteiger partial charge on any atom is 0.253 e. The van der Waals surface area contributed by atoms with Crippen molar-refractivity contribution in [1.82, 2.24) is 4.90 Å². The maximum absolute atomic E-state index is 12.6. The van der Waals surface area contributed by atoms with Gasteiger partial charge in [-0.25, -0.2) is 0 Å². The summed E-state index contributed by atoms with van der Waals surface area (Å²) in [5.74, 6) is -0.0564. The molecule has 1 aliphatic heterocycles. The van der Waals surface area contributed by atoms with Gasteiger partial charge in [-0.1, -0.05) is 23.8 Å². The number of piperidine rings is 1. The first-order valence-electron chi connectivity index (χ1n) is 9.11. The Morgan fingerprint density at radius 3 is 2.42 bits per heavy atom. The van der Waals surface area contributed by atoms with E-state index in [9.17, 15) is 9.59 Å². The molecular weight excluding hydrogens is 326 g/mol. The van der Waals surface area contributed by atoms with Crippen LogP contribution in [0.25, 0.3) is 0 Å². The highest BCUT2D eigenvalue weighted by Crippen LogP contribution is 2.16. The Morgan fingerprint density at radius 2 is 1.69 bits per heavy atom. The Balaban J connectivity index is 1.55. The molecule has 136 valence electrons. The molecule has 5 nitrogen and oxygen atoms in total. The van der Waals surface area contributed by atoms with E-state index in [2.05, 4.69) is 10.6 Å². The van der Waals surface area contributed by atoms with Crippen LogP contribution in [0.1, 0.15) is 35.2 Å². The van der Waals surface area contributed by atoms with Crippen LogP contribution in [0.3, 0.4) is 0 Å². The summed E-state index contributed by atoms with van der Waals surface area (Å²) >= 11 is 0. The number of amides is 2. The van der Waals surface area contributed by atoms with Gasteiger partial charge in [0.2, 0.25) is 5.91 Å². The van der Waals surface area contributed by atoms with Gasteiger partial charge in [-0.15, -0.1) is 0 Å². The molecule has 2 N–H and O–H groups in total. The van der Waals surface area contributed by atoms with E-state index in [4.69, 9.17) is 0 Å². The van der Waals surface area contributed by atoms with Crippen LogP contribution in [0, 0.1) is 6.92 Å². The van der Waals surface area contributed by atoms with Crippen LogP contribution in [0.15, 0.2) is 48.5 Å². The van der Waals surface area contributed by atoms with Crippen molar-refractivity contribution in [3.63, 3.8) is 0 Å². The van der Waals surface area contributed by atoms with E-state index in [-0.39, 0.29) is 18.4 Å². The zero-order chi connectivity index (χ0) is 18.4. The molecule has 0 aromatic heterocycles. The van der Waals surface area contributed by atoms with Crippen LogP contribution < -0.4 is 10.6 Å². The van der Waals surface area contributed by atoms with Crippen LogP contribution in [-0.4, -0.2) is 36.3 Å². The zero-order valence-corrected chi connectivity index (χ0v) is 15.1. The van der Waals surface area contributed by atoms with Gasteiger partial charge in [-0.3, -0.25) is 9.59 Å². The number of rotatable bonds is 5. The number of aryl methyl sites for hydroxylation is 1.